The van der Waals surface area contributed by atoms with Gasteiger partial charge in [0.1, 0.15) is 6.61 Å². The van der Waals surface area contributed by atoms with Crippen molar-refractivity contribution in [3.05, 3.63) is 23.3 Å². The first-order valence-electron chi connectivity index (χ1n) is 3.32. The predicted molar refractivity (Wildman–Crippen MR) is 39.7 cm³/mol. The van der Waals surface area contributed by atoms with E-state index in [0.717, 1.165) is 0 Å². The summed E-state index contributed by atoms with van der Waals surface area (Å²) in [7, 11) is 0. The molecule has 0 saturated heterocycles. The summed E-state index contributed by atoms with van der Waals surface area (Å²) in [5.41, 5.74) is 0.443. The van der Waals surface area contributed by atoms with Gasteiger partial charge < -0.3 is 10.2 Å². The largest absolute Gasteiger partial charge is 0.477 e. The summed E-state index contributed by atoms with van der Waals surface area (Å²) >= 11 is 0. The quantitative estimate of drug-likeness (QED) is 0.648. The van der Waals surface area contributed by atoms with Crippen molar-refractivity contribution in [2.24, 2.45) is 0 Å². The van der Waals surface area contributed by atoms with Gasteiger partial charge in [0.15, 0.2) is 11.5 Å². The number of aliphatic hydroxyl groups excluding tert-OH is 1. The van der Waals surface area contributed by atoms with Crippen molar-refractivity contribution in [1.29, 1.82) is 0 Å². The molecule has 0 aliphatic carbocycles. The lowest BCUT2D eigenvalue weighted by molar-refractivity contribution is 0.0689. The van der Waals surface area contributed by atoms with Crippen LogP contribution in [0.2, 0.25) is 0 Å². The van der Waals surface area contributed by atoms with E-state index in [1.54, 1.807) is 6.92 Å². The minimum atomic E-state index is -1.12. The van der Waals surface area contributed by atoms with Crippen molar-refractivity contribution in [3.8, 4) is 0 Å². The van der Waals surface area contributed by atoms with Gasteiger partial charge in [-0.05, 0) is 13.0 Å². The first kappa shape index (κ1) is 8.61. The molecule has 0 unspecified atom stereocenters. The summed E-state index contributed by atoms with van der Waals surface area (Å²) in [5.74, 6) is -0.984. The molecule has 64 valence electrons. The smallest absolute Gasteiger partial charge is 0.354 e. The highest BCUT2D eigenvalue weighted by Crippen LogP contribution is 2.00. The molecule has 1 aromatic rings. The van der Waals surface area contributed by atoms with E-state index in [0.29, 0.717) is 5.69 Å². The second-order valence-corrected chi connectivity index (χ2v) is 2.27. The van der Waals surface area contributed by atoms with Crippen LogP contribution in [0.15, 0.2) is 6.07 Å². The Bertz CT molecular complexity index is 312. The fourth-order valence-corrected chi connectivity index (χ4v) is 0.810. The molecule has 0 aliphatic rings. The molecular weight excluding hydrogens is 160 g/mol. The maximum atomic E-state index is 10.4. The molecule has 5 heteroatoms. The zero-order chi connectivity index (χ0) is 9.14. The van der Waals surface area contributed by atoms with Gasteiger partial charge in [0, 0.05) is 5.69 Å². The number of nitrogens with zero attached hydrogens (tertiary/aromatic N) is 2. The summed E-state index contributed by atoms with van der Waals surface area (Å²) in [5, 5.41) is 17.2. The average molecular weight is 168 g/mol. The Morgan fingerprint density at radius 1 is 1.58 bits per heavy atom. The normalized spacial score (nSPS) is 9.83. The van der Waals surface area contributed by atoms with Gasteiger partial charge in [-0.2, -0.15) is 0 Å². The van der Waals surface area contributed by atoms with Gasteiger partial charge in [-0.25, -0.2) is 14.8 Å². The van der Waals surface area contributed by atoms with Gasteiger partial charge in [-0.15, -0.1) is 0 Å². The van der Waals surface area contributed by atoms with E-state index in [-0.39, 0.29) is 18.1 Å². The highest BCUT2D eigenvalue weighted by atomic mass is 16.4. The second-order valence-electron chi connectivity index (χ2n) is 2.27. The maximum absolute atomic E-state index is 10.4. The lowest BCUT2D eigenvalue weighted by Crippen LogP contribution is -2.06. The number of aryl methyl sites for hydroxylation is 1. The standard InChI is InChI=1S/C7H8N2O3/c1-4-2-5(7(11)12)9-6(3-10)8-4/h2,10H,3H2,1H3,(H,11,12). The van der Waals surface area contributed by atoms with Gasteiger partial charge >= 0.3 is 5.97 Å². The maximum Gasteiger partial charge on any atom is 0.354 e. The number of hydrogen-bond donors (Lipinski definition) is 2. The third-order valence-corrected chi connectivity index (χ3v) is 1.26. The van der Waals surface area contributed by atoms with Gasteiger partial charge in [0.2, 0.25) is 0 Å². The van der Waals surface area contributed by atoms with Crippen molar-refractivity contribution < 1.29 is 15.0 Å². The monoisotopic (exact) mass is 168 g/mol. The van der Waals surface area contributed by atoms with Crippen molar-refractivity contribution in [3.63, 3.8) is 0 Å². The number of aliphatic hydroxyl groups is 1. The van der Waals surface area contributed by atoms with Gasteiger partial charge in [0.05, 0.1) is 0 Å². The van der Waals surface area contributed by atoms with E-state index >= 15 is 0 Å². The third-order valence-electron chi connectivity index (χ3n) is 1.26. The molecule has 0 fully saturated rings. The lowest BCUT2D eigenvalue weighted by atomic mass is 10.3. The van der Waals surface area contributed by atoms with E-state index in [2.05, 4.69) is 9.97 Å². The van der Waals surface area contributed by atoms with Gasteiger partial charge in [-0.1, -0.05) is 0 Å². The Morgan fingerprint density at radius 3 is 2.75 bits per heavy atom. The molecule has 0 aromatic carbocycles. The molecule has 12 heavy (non-hydrogen) atoms. The van der Waals surface area contributed by atoms with Crippen LogP contribution in [-0.4, -0.2) is 26.2 Å². The predicted octanol–water partition coefficient (Wildman–Crippen LogP) is -0.0245. The van der Waals surface area contributed by atoms with Crippen molar-refractivity contribution in [2.45, 2.75) is 13.5 Å². The Hall–Kier alpha value is -1.49. The fourth-order valence-electron chi connectivity index (χ4n) is 0.810. The third kappa shape index (κ3) is 1.76. The summed E-state index contributed by atoms with van der Waals surface area (Å²) in [6.07, 6.45) is 0. The van der Waals surface area contributed by atoms with Crippen LogP contribution in [-0.2, 0) is 6.61 Å². The SMILES string of the molecule is Cc1cc(C(=O)O)nc(CO)n1. The van der Waals surface area contributed by atoms with Crippen LogP contribution in [0.4, 0.5) is 0 Å². The molecule has 0 aliphatic heterocycles. The minimum Gasteiger partial charge on any atom is -0.477 e. The summed E-state index contributed by atoms with van der Waals surface area (Å²) < 4.78 is 0. The Kier molecular flexibility index (Phi) is 2.35. The van der Waals surface area contributed by atoms with E-state index in [9.17, 15) is 4.79 Å². The number of carbonyl (C=O) groups is 1. The molecule has 2 N–H and O–H groups in total. The van der Waals surface area contributed by atoms with Crippen LogP contribution >= 0.6 is 0 Å². The highest BCUT2D eigenvalue weighted by molar-refractivity contribution is 5.85. The topological polar surface area (TPSA) is 83.3 Å². The van der Waals surface area contributed by atoms with Crippen LogP contribution in [0, 0.1) is 6.92 Å². The number of aromatic nitrogens is 2. The summed E-state index contributed by atoms with van der Waals surface area (Å²) in [6.45, 7) is 1.30. The molecule has 1 heterocycles. The molecular formula is C7H8N2O3. The molecule has 1 rings (SSSR count). The lowest BCUT2D eigenvalue weighted by Gasteiger charge is -1.98. The fraction of sp³-hybridized carbons (Fsp3) is 0.286. The first-order chi connectivity index (χ1) is 5.63. The van der Waals surface area contributed by atoms with Crippen molar-refractivity contribution in [2.75, 3.05) is 0 Å². The number of hydrogen-bond acceptors (Lipinski definition) is 4. The molecule has 5 nitrogen and oxygen atoms in total. The van der Waals surface area contributed by atoms with Gasteiger partial charge in [-0.3, -0.25) is 0 Å². The van der Waals surface area contributed by atoms with E-state index < -0.39 is 5.97 Å². The molecule has 1 aromatic heterocycles. The average Bonchev–Trinajstić information content (AvgIpc) is 2.03. The van der Waals surface area contributed by atoms with Crippen LogP contribution in [0.5, 0.6) is 0 Å². The van der Waals surface area contributed by atoms with E-state index in [1.807, 2.05) is 0 Å². The number of carboxylic acid groups (broad SMARTS) is 1. The molecule has 0 spiro atoms. The molecule has 0 saturated carbocycles. The van der Waals surface area contributed by atoms with Gasteiger partial charge in [0.25, 0.3) is 0 Å². The highest BCUT2D eigenvalue weighted by Gasteiger charge is 2.07. The molecule has 0 bridgehead atoms. The second kappa shape index (κ2) is 3.27. The summed E-state index contributed by atoms with van der Waals surface area (Å²) in [6, 6.07) is 1.35. The van der Waals surface area contributed by atoms with Crippen LogP contribution in [0.3, 0.4) is 0 Å². The molecule has 0 atom stereocenters. The van der Waals surface area contributed by atoms with Crippen LogP contribution < -0.4 is 0 Å². The van der Waals surface area contributed by atoms with Crippen molar-refractivity contribution in [1.82, 2.24) is 9.97 Å². The van der Waals surface area contributed by atoms with Crippen LogP contribution in [0.1, 0.15) is 22.0 Å². The molecule has 0 radical (unpaired) electrons. The zero-order valence-electron chi connectivity index (χ0n) is 6.48. The summed E-state index contributed by atoms with van der Waals surface area (Å²) in [4.78, 5) is 17.9. The number of rotatable bonds is 2. The van der Waals surface area contributed by atoms with Crippen molar-refractivity contribution >= 4 is 5.97 Å². The minimum absolute atomic E-state index is 0.0912. The Labute approximate surface area is 68.7 Å². The van der Waals surface area contributed by atoms with Crippen LogP contribution in [0.25, 0.3) is 0 Å². The number of aromatic carboxylic acids is 1. The number of carboxylic acids is 1. The Balaban J connectivity index is 3.15. The Morgan fingerprint density at radius 2 is 2.25 bits per heavy atom. The molecule has 0 amide bonds. The first-order valence-corrected chi connectivity index (χ1v) is 3.32. The zero-order valence-corrected chi connectivity index (χ0v) is 6.48. The van der Waals surface area contributed by atoms with E-state index in [4.69, 9.17) is 10.2 Å². The van der Waals surface area contributed by atoms with E-state index in [1.165, 1.54) is 6.07 Å².